The second-order valence-corrected chi connectivity index (χ2v) is 12.7. The van der Waals surface area contributed by atoms with Crippen molar-refractivity contribution in [2.24, 2.45) is 0 Å². The molecule has 0 atom stereocenters. The number of rotatable bonds is 27. The van der Waals surface area contributed by atoms with Crippen LogP contribution in [0.3, 0.4) is 0 Å². The van der Waals surface area contributed by atoms with Crippen molar-refractivity contribution in [3.05, 3.63) is 31.5 Å². The van der Waals surface area contributed by atoms with Crippen LogP contribution < -0.4 is 17.1 Å². The van der Waals surface area contributed by atoms with Crippen molar-refractivity contribution in [2.45, 2.75) is 129 Å². The smallest absolute Gasteiger partial charge is 0.336 e. The van der Waals surface area contributed by atoms with Gasteiger partial charge >= 0.3 is 17.1 Å². The minimum Gasteiger partial charge on any atom is -0.396 e. The molecule has 0 spiro atoms. The lowest BCUT2D eigenvalue weighted by Crippen LogP contribution is -2.54. The molecule has 39 heavy (non-hydrogen) atoms. The summed E-state index contributed by atoms with van der Waals surface area (Å²) in [6.07, 6.45) is 17.7. The Morgan fingerprint density at radius 2 is 0.769 bits per heavy atom. The number of hydrogen-bond acceptors (Lipinski definition) is 7. The first-order valence-electron chi connectivity index (χ1n) is 15.4. The molecular formula is C29H55N3O5S2. The summed E-state index contributed by atoms with van der Waals surface area (Å²) >= 11 is 3.73. The Hall–Kier alpha value is -0.970. The van der Waals surface area contributed by atoms with Gasteiger partial charge in [0.25, 0.3) is 0 Å². The Labute approximate surface area is 244 Å². The average molecular weight is 590 g/mol. The van der Waals surface area contributed by atoms with E-state index in [1.807, 2.05) is 23.5 Å². The minimum absolute atomic E-state index is 0.265. The van der Waals surface area contributed by atoms with Crippen molar-refractivity contribution in [1.29, 1.82) is 0 Å². The van der Waals surface area contributed by atoms with Gasteiger partial charge in [-0.3, -0.25) is 0 Å². The average Bonchev–Trinajstić information content (AvgIpc) is 2.93. The number of nitrogens with zero attached hydrogens (tertiary/aromatic N) is 3. The second kappa shape index (κ2) is 24.8. The molecule has 1 aromatic rings. The van der Waals surface area contributed by atoms with E-state index in [1.165, 1.54) is 77.9 Å². The van der Waals surface area contributed by atoms with E-state index in [0.29, 0.717) is 26.3 Å². The molecule has 10 heteroatoms. The van der Waals surface area contributed by atoms with E-state index in [1.54, 1.807) is 6.92 Å². The van der Waals surface area contributed by atoms with E-state index in [4.69, 9.17) is 10.2 Å². The highest BCUT2D eigenvalue weighted by atomic mass is 32.2. The molecule has 0 radical (unpaired) electrons. The van der Waals surface area contributed by atoms with Crippen LogP contribution >= 0.6 is 23.5 Å². The third-order valence-electron chi connectivity index (χ3n) is 6.94. The zero-order valence-corrected chi connectivity index (χ0v) is 26.1. The van der Waals surface area contributed by atoms with Crippen molar-refractivity contribution in [2.75, 3.05) is 36.2 Å². The summed E-state index contributed by atoms with van der Waals surface area (Å²) in [4.78, 5) is 38.6. The van der Waals surface area contributed by atoms with Crippen molar-refractivity contribution in [1.82, 2.24) is 13.7 Å². The standard InChI is InChI=1S/C29H55N3O5S2/c1-2-30-27(35)31(19-17-25-38-23-15-11-7-3-5-9-13-21-33)29(37)32(28(30)36)20-18-26-39-24-16-12-8-4-6-10-14-22-34/h33-34H,2-26H2,1H3. The highest BCUT2D eigenvalue weighted by Crippen LogP contribution is 2.12. The maximum Gasteiger partial charge on any atom is 0.336 e. The number of thioether (sulfide) groups is 2. The van der Waals surface area contributed by atoms with Gasteiger partial charge in [-0.1, -0.05) is 64.2 Å². The van der Waals surface area contributed by atoms with E-state index in [-0.39, 0.29) is 6.54 Å². The van der Waals surface area contributed by atoms with Crippen LogP contribution in [0.5, 0.6) is 0 Å². The Balaban J connectivity index is 2.35. The Kier molecular flexibility index (Phi) is 22.9. The molecule has 1 rings (SSSR count). The Morgan fingerprint density at radius 3 is 1.13 bits per heavy atom. The number of aromatic nitrogens is 3. The van der Waals surface area contributed by atoms with Gasteiger partial charge in [0.2, 0.25) is 0 Å². The van der Waals surface area contributed by atoms with Crippen molar-refractivity contribution in [3.63, 3.8) is 0 Å². The molecule has 8 nitrogen and oxygen atoms in total. The molecule has 0 aliphatic carbocycles. The number of unbranched alkanes of at least 4 members (excludes halogenated alkanes) is 12. The summed E-state index contributed by atoms with van der Waals surface area (Å²) in [5.74, 6) is 3.97. The number of aliphatic hydroxyl groups excluding tert-OH is 2. The van der Waals surface area contributed by atoms with E-state index in [0.717, 1.165) is 61.5 Å². The second-order valence-electron chi connectivity index (χ2n) is 10.2. The highest BCUT2D eigenvalue weighted by Gasteiger charge is 2.14. The van der Waals surface area contributed by atoms with Gasteiger partial charge in [0.05, 0.1) is 0 Å². The normalized spacial score (nSPS) is 11.5. The fourth-order valence-electron chi connectivity index (χ4n) is 4.59. The van der Waals surface area contributed by atoms with Gasteiger partial charge in [0.15, 0.2) is 0 Å². The molecular weight excluding hydrogens is 534 g/mol. The van der Waals surface area contributed by atoms with Gasteiger partial charge in [-0.05, 0) is 68.5 Å². The van der Waals surface area contributed by atoms with Crippen LogP contribution in [-0.4, -0.2) is 60.1 Å². The predicted molar refractivity (Wildman–Crippen MR) is 168 cm³/mol. The Morgan fingerprint density at radius 1 is 0.462 bits per heavy atom. The lowest BCUT2D eigenvalue weighted by molar-refractivity contribution is 0.282. The number of hydrogen-bond donors (Lipinski definition) is 2. The molecule has 0 saturated carbocycles. The zero-order valence-electron chi connectivity index (χ0n) is 24.5. The molecule has 0 bridgehead atoms. The van der Waals surface area contributed by atoms with E-state index < -0.39 is 17.1 Å². The monoisotopic (exact) mass is 589 g/mol. The summed E-state index contributed by atoms with van der Waals surface area (Å²) < 4.78 is 3.69. The first-order chi connectivity index (χ1) is 19.1. The van der Waals surface area contributed by atoms with Gasteiger partial charge in [0.1, 0.15) is 0 Å². The predicted octanol–water partition coefficient (Wildman–Crippen LogP) is 4.88. The largest absolute Gasteiger partial charge is 0.396 e. The summed E-state index contributed by atoms with van der Waals surface area (Å²) in [7, 11) is 0. The molecule has 0 aliphatic rings. The van der Waals surface area contributed by atoms with Crippen molar-refractivity contribution in [3.8, 4) is 0 Å². The van der Waals surface area contributed by atoms with Gasteiger partial charge in [-0.25, -0.2) is 28.1 Å². The first kappa shape index (κ1) is 36.1. The lowest BCUT2D eigenvalue weighted by atomic mass is 10.1. The minimum atomic E-state index is -0.485. The summed E-state index contributed by atoms with van der Waals surface area (Å²) in [5, 5.41) is 17.6. The van der Waals surface area contributed by atoms with Gasteiger partial charge in [0, 0.05) is 32.8 Å². The molecule has 0 amide bonds. The molecule has 0 aliphatic heterocycles. The molecule has 0 fully saturated rings. The van der Waals surface area contributed by atoms with Crippen molar-refractivity contribution < 1.29 is 10.2 Å². The summed E-state index contributed by atoms with van der Waals surface area (Å²) in [5.41, 5.74) is -1.44. The van der Waals surface area contributed by atoms with Crippen LogP contribution in [0.1, 0.15) is 110 Å². The zero-order chi connectivity index (χ0) is 28.6. The van der Waals surface area contributed by atoms with Crippen LogP contribution in [0.4, 0.5) is 0 Å². The lowest BCUT2D eigenvalue weighted by Gasteiger charge is -2.13. The SMILES string of the molecule is CCn1c(=O)n(CCCSCCCCCCCCCO)c(=O)n(CCCSCCCCCCCCCO)c1=O. The van der Waals surface area contributed by atoms with Crippen LogP contribution in [0.15, 0.2) is 14.4 Å². The summed E-state index contributed by atoms with van der Waals surface area (Å²) in [6, 6.07) is 0. The van der Waals surface area contributed by atoms with Crippen LogP contribution in [0, 0.1) is 0 Å². The highest BCUT2D eigenvalue weighted by molar-refractivity contribution is 7.99. The Bertz CT molecular complexity index is 834. The number of aliphatic hydroxyl groups is 2. The van der Waals surface area contributed by atoms with Crippen molar-refractivity contribution >= 4 is 23.5 Å². The molecule has 0 aromatic carbocycles. The first-order valence-corrected chi connectivity index (χ1v) is 17.7. The molecule has 1 heterocycles. The summed E-state index contributed by atoms with van der Waals surface area (Å²) in [6.45, 7) is 3.33. The third kappa shape index (κ3) is 16.2. The fraction of sp³-hybridized carbons (Fsp3) is 0.897. The van der Waals surface area contributed by atoms with E-state index in [9.17, 15) is 14.4 Å². The van der Waals surface area contributed by atoms with Crippen LogP contribution in [0.2, 0.25) is 0 Å². The maximum atomic E-state index is 13.0. The topological polar surface area (TPSA) is 106 Å². The van der Waals surface area contributed by atoms with Crippen LogP contribution in [-0.2, 0) is 19.6 Å². The third-order valence-corrected chi connectivity index (χ3v) is 9.25. The molecule has 1 aromatic heterocycles. The van der Waals surface area contributed by atoms with Crippen LogP contribution in [0.25, 0.3) is 0 Å². The molecule has 2 N–H and O–H groups in total. The fourth-order valence-corrected chi connectivity index (χ4v) is 6.48. The van der Waals surface area contributed by atoms with Gasteiger partial charge in [-0.2, -0.15) is 23.5 Å². The van der Waals surface area contributed by atoms with Gasteiger partial charge in [-0.15, -0.1) is 0 Å². The quantitative estimate of drug-likeness (QED) is 0.141. The van der Waals surface area contributed by atoms with E-state index >= 15 is 0 Å². The molecule has 0 unspecified atom stereocenters. The van der Waals surface area contributed by atoms with Gasteiger partial charge < -0.3 is 10.2 Å². The van der Waals surface area contributed by atoms with E-state index in [2.05, 4.69) is 0 Å². The molecule has 0 saturated heterocycles. The molecule has 228 valence electrons. The maximum absolute atomic E-state index is 13.0.